The van der Waals surface area contributed by atoms with E-state index >= 15 is 0 Å². The van der Waals surface area contributed by atoms with Crippen LogP contribution in [0.3, 0.4) is 0 Å². The quantitative estimate of drug-likeness (QED) is 0.581. The van der Waals surface area contributed by atoms with E-state index < -0.39 is 0 Å². The van der Waals surface area contributed by atoms with Crippen LogP contribution in [0.15, 0.2) is 59.5 Å². The van der Waals surface area contributed by atoms with E-state index in [9.17, 15) is 0 Å². The molecule has 0 aliphatic carbocycles. The first-order valence-corrected chi connectivity index (χ1v) is 5.63. The molecule has 1 unspecified atom stereocenters. The van der Waals surface area contributed by atoms with Crippen molar-refractivity contribution in [2.24, 2.45) is 0 Å². The molecule has 76 valence electrons. The largest absolute Gasteiger partial charge is 0.143 e. The Labute approximate surface area is 100 Å². The lowest BCUT2D eigenvalue weighted by Gasteiger charge is -2.09. The number of alkyl halides is 1. The van der Waals surface area contributed by atoms with Gasteiger partial charge in [0.05, 0.1) is 5.38 Å². The van der Waals surface area contributed by atoms with Crippen molar-refractivity contribution in [1.29, 1.82) is 0 Å². The number of hydrogen-bond donors (Lipinski definition) is 1. The molecule has 0 fully saturated rings. The summed E-state index contributed by atoms with van der Waals surface area (Å²) in [7, 11) is 0. The van der Waals surface area contributed by atoms with E-state index in [1.807, 2.05) is 54.6 Å². The van der Waals surface area contributed by atoms with E-state index in [-0.39, 0.29) is 5.38 Å². The fourth-order valence-corrected chi connectivity index (χ4v) is 1.90. The van der Waals surface area contributed by atoms with E-state index in [4.69, 9.17) is 11.6 Å². The zero-order valence-corrected chi connectivity index (χ0v) is 9.75. The minimum absolute atomic E-state index is 0.0832. The first-order valence-electron chi connectivity index (χ1n) is 4.75. The molecule has 0 bridgehead atoms. The van der Waals surface area contributed by atoms with Crippen LogP contribution in [0.25, 0.3) is 0 Å². The average Bonchev–Trinajstić information content (AvgIpc) is 2.30. The van der Waals surface area contributed by atoms with Gasteiger partial charge < -0.3 is 0 Å². The van der Waals surface area contributed by atoms with Crippen molar-refractivity contribution in [3.8, 4) is 0 Å². The average molecular weight is 235 g/mol. The highest BCUT2D eigenvalue weighted by Gasteiger charge is 2.09. The molecule has 2 aromatic carbocycles. The van der Waals surface area contributed by atoms with Crippen molar-refractivity contribution in [3.05, 3.63) is 65.7 Å². The Bertz CT molecular complexity index is 422. The van der Waals surface area contributed by atoms with Crippen molar-refractivity contribution < 1.29 is 0 Å². The maximum Gasteiger partial charge on any atom is 0.0835 e. The Kier molecular flexibility index (Phi) is 3.34. The van der Waals surface area contributed by atoms with Crippen molar-refractivity contribution in [3.63, 3.8) is 0 Å². The smallest absolute Gasteiger partial charge is 0.0835 e. The lowest BCUT2D eigenvalue weighted by molar-refractivity contribution is 1.13. The predicted octanol–water partition coefficient (Wildman–Crippen LogP) is 4.30. The number of rotatable bonds is 2. The summed E-state index contributed by atoms with van der Waals surface area (Å²) in [5.74, 6) is 0. The summed E-state index contributed by atoms with van der Waals surface area (Å²) in [6, 6.07) is 18.0. The van der Waals surface area contributed by atoms with Crippen LogP contribution in [-0.4, -0.2) is 0 Å². The highest BCUT2D eigenvalue weighted by molar-refractivity contribution is 7.80. The van der Waals surface area contributed by atoms with Crippen LogP contribution in [0.2, 0.25) is 0 Å². The third kappa shape index (κ3) is 2.55. The standard InChI is InChI=1S/C13H11ClS/c14-13(10-4-2-1-3-5-10)11-6-8-12(15)9-7-11/h1-9,13,15H. The summed E-state index contributed by atoms with van der Waals surface area (Å²) in [5.41, 5.74) is 2.21. The number of thiol groups is 1. The third-order valence-electron chi connectivity index (χ3n) is 2.28. The van der Waals surface area contributed by atoms with Gasteiger partial charge in [0.25, 0.3) is 0 Å². The van der Waals surface area contributed by atoms with Crippen molar-refractivity contribution in [1.82, 2.24) is 0 Å². The fraction of sp³-hybridized carbons (Fsp3) is 0.0769. The van der Waals surface area contributed by atoms with Crippen LogP contribution in [0.5, 0.6) is 0 Å². The second-order valence-electron chi connectivity index (χ2n) is 3.36. The second kappa shape index (κ2) is 4.73. The maximum atomic E-state index is 6.36. The lowest BCUT2D eigenvalue weighted by Crippen LogP contribution is -1.92. The summed E-state index contributed by atoms with van der Waals surface area (Å²) in [6.07, 6.45) is 0. The summed E-state index contributed by atoms with van der Waals surface area (Å²) < 4.78 is 0. The van der Waals surface area contributed by atoms with Crippen LogP contribution in [0.1, 0.15) is 16.5 Å². The monoisotopic (exact) mass is 234 g/mol. The molecular weight excluding hydrogens is 224 g/mol. The molecule has 2 aromatic rings. The summed E-state index contributed by atoms with van der Waals surface area (Å²) >= 11 is 10.6. The molecular formula is C13H11ClS. The van der Waals surface area contributed by atoms with E-state index in [1.165, 1.54) is 0 Å². The topological polar surface area (TPSA) is 0 Å². The van der Waals surface area contributed by atoms with Crippen LogP contribution >= 0.6 is 24.2 Å². The van der Waals surface area contributed by atoms with Gasteiger partial charge in [-0.1, -0.05) is 42.5 Å². The molecule has 0 saturated carbocycles. The molecule has 0 aromatic heterocycles. The molecule has 2 rings (SSSR count). The molecule has 15 heavy (non-hydrogen) atoms. The molecule has 0 aliphatic heterocycles. The molecule has 0 amide bonds. The Morgan fingerprint density at radius 1 is 0.800 bits per heavy atom. The van der Waals surface area contributed by atoms with Gasteiger partial charge in [-0.15, -0.1) is 24.2 Å². The zero-order valence-electron chi connectivity index (χ0n) is 8.10. The number of benzene rings is 2. The van der Waals surface area contributed by atoms with E-state index in [1.54, 1.807) is 0 Å². The Morgan fingerprint density at radius 3 is 1.93 bits per heavy atom. The van der Waals surface area contributed by atoms with Gasteiger partial charge in [-0.3, -0.25) is 0 Å². The van der Waals surface area contributed by atoms with Gasteiger partial charge in [0.2, 0.25) is 0 Å². The highest BCUT2D eigenvalue weighted by atomic mass is 35.5. The van der Waals surface area contributed by atoms with Gasteiger partial charge in [0.15, 0.2) is 0 Å². The summed E-state index contributed by atoms with van der Waals surface area (Å²) in [5, 5.41) is -0.0832. The summed E-state index contributed by atoms with van der Waals surface area (Å²) in [6.45, 7) is 0. The number of hydrogen-bond acceptors (Lipinski definition) is 1. The molecule has 0 aliphatic rings. The molecule has 0 radical (unpaired) electrons. The van der Waals surface area contributed by atoms with Gasteiger partial charge in [0.1, 0.15) is 0 Å². The molecule has 0 heterocycles. The fourth-order valence-electron chi connectivity index (χ4n) is 1.46. The van der Waals surface area contributed by atoms with Crippen LogP contribution < -0.4 is 0 Å². The van der Waals surface area contributed by atoms with Gasteiger partial charge in [-0.2, -0.15) is 0 Å². The zero-order chi connectivity index (χ0) is 10.7. The van der Waals surface area contributed by atoms with E-state index in [0.717, 1.165) is 16.0 Å². The number of halogens is 1. The van der Waals surface area contributed by atoms with Crippen LogP contribution in [0, 0.1) is 0 Å². The Morgan fingerprint density at radius 2 is 1.33 bits per heavy atom. The lowest BCUT2D eigenvalue weighted by atomic mass is 10.0. The van der Waals surface area contributed by atoms with Gasteiger partial charge in [-0.25, -0.2) is 0 Å². The molecule has 0 nitrogen and oxygen atoms in total. The first-order chi connectivity index (χ1) is 7.27. The molecule has 0 spiro atoms. The van der Waals surface area contributed by atoms with Crippen molar-refractivity contribution in [2.45, 2.75) is 10.3 Å². The summed E-state index contributed by atoms with van der Waals surface area (Å²) in [4.78, 5) is 0.954. The Balaban J connectivity index is 2.29. The van der Waals surface area contributed by atoms with E-state index in [2.05, 4.69) is 12.6 Å². The third-order valence-corrected chi connectivity index (χ3v) is 3.08. The SMILES string of the molecule is Sc1ccc(C(Cl)c2ccccc2)cc1. The predicted molar refractivity (Wildman–Crippen MR) is 67.8 cm³/mol. The molecule has 1 atom stereocenters. The van der Waals surface area contributed by atoms with Crippen molar-refractivity contribution in [2.75, 3.05) is 0 Å². The van der Waals surface area contributed by atoms with Crippen LogP contribution in [0.4, 0.5) is 0 Å². The Hall–Kier alpha value is -0.920. The van der Waals surface area contributed by atoms with Crippen LogP contribution in [-0.2, 0) is 0 Å². The van der Waals surface area contributed by atoms with Crippen molar-refractivity contribution >= 4 is 24.2 Å². The minimum atomic E-state index is -0.0832. The second-order valence-corrected chi connectivity index (χ2v) is 4.32. The van der Waals surface area contributed by atoms with E-state index in [0.29, 0.717) is 0 Å². The highest BCUT2D eigenvalue weighted by Crippen LogP contribution is 2.28. The maximum absolute atomic E-state index is 6.36. The normalized spacial score (nSPS) is 12.4. The van der Waals surface area contributed by atoms with Gasteiger partial charge >= 0.3 is 0 Å². The molecule has 0 saturated heterocycles. The minimum Gasteiger partial charge on any atom is -0.143 e. The van der Waals surface area contributed by atoms with Gasteiger partial charge in [-0.05, 0) is 23.3 Å². The van der Waals surface area contributed by atoms with Gasteiger partial charge in [0, 0.05) is 4.90 Å². The molecule has 2 heteroatoms. The molecule has 0 N–H and O–H groups in total. The first kappa shape index (κ1) is 10.6.